The van der Waals surface area contributed by atoms with E-state index < -0.39 is 35.4 Å². The van der Waals surface area contributed by atoms with Crippen LogP contribution in [0.25, 0.3) is 0 Å². The molecule has 0 aliphatic carbocycles. The van der Waals surface area contributed by atoms with Gasteiger partial charge in [-0.25, -0.2) is 0 Å². The van der Waals surface area contributed by atoms with Crippen LogP contribution in [0.5, 0.6) is 0 Å². The van der Waals surface area contributed by atoms with Crippen LogP contribution in [0.15, 0.2) is 60.7 Å². The monoisotopic (exact) mass is 680 g/mol. The summed E-state index contributed by atoms with van der Waals surface area (Å²) in [5, 5.41) is 6.42. The molecule has 0 heterocycles. The average Bonchev–Trinajstić information content (AvgIpc) is 2.99. The number of hydrogen-bond acceptors (Lipinski definition) is 6. The van der Waals surface area contributed by atoms with Crippen LogP contribution in [0.4, 0.5) is 11.4 Å². The lowest BCUT2D eigenvalue weighted by atomic mass is 10.1. The van der Waals surface area contributed by atoms with Crippen LogP contribution in [0.1, 0.15) is 46.4 Å². The van der Waals surface area contributed by atoms with Gasteiger partial charge in [-0.1, -0.05) is 46.4 Å². The summed E-state index contributed by atoms with van der Waals surface area (Å²) in [6.07, 6.45) is -0.786. The number of nitrogens with one attached hydrogen (secondary N) is 6. The summed E-state index contributed by atoms with van der Waals surface area (Å²) in [4.78, 5) is 72.9. The van der Waals surface area contributed by atoms with Gasteiger partial charge in [-0.05, 0) is 60.7 Å². The molecule has 6 amide bonds. The number of rotatable bonds is 10. The summed E-state index contributed by atoms with van der Waals surface area (Å²) in [5.74, 6) is -3.51. The van der Waals surface area contributed by atoms with E-state index in [1.54, 1.807) is 12.1 Å². The topological polar surface area (TPSA) is 175 Å². The quantitative estimate of drug-likeness (QED) is 0.170. The van der Waals surface area contributed by atoms with E-state index in [4.69, 9.17) is 46.4 Å². The van der Waals surface area contributed by atoms with Gasteiger partial charge in [-0.3, -0.25) is 50.5 Å². The minimum atomic E-state index is -0.672. The third-order valence-electron chi connectivity index (χ3n) is 5.61. The van der Waals surface area contributed by atoms with Gasteiger partial charge in [0.25, 0.3) is 11.8 Å². The van der Waals surface area contributed by atoms with E-state index in [-0.39, 0.29) is 46.9 Å². The molecule has 3 rings (SSSR count). The Hall–Kier alpha value is -4.36. The maximum atomic E-state index is 12.3. The minimum absolute atomic E-state index is 0.118. The maximum absolute atomic E-state index is 12.3. The molecular weight excluding hydrogens is 658 g/mol. The van der Waals surface area contributed by atoms with Crippen molar-refractivity contribution < 1.29 is 28.8 Å². The molecule has 0 bridgehead atoms. The highest BCUT2D eigenvalue weighted by Gasteiger charge is 2.14. The van der Waals surface area contributed by atoms with Crippen LogP contribution in [0, 0.1) is 0 Å². The summed E-state index contributed by atoms with van der Waals surface area (Å²) >= 11 is 23.6. The molecule has 12 nitrogen and oxygen atoms in total. The van der Waals surface area contributed by atoms with Crippen LogP contribution < -0.4 is 32.3 Å². The number of carbonyl (C=O) groups is 6. The fourth-order valence-corrected chi connectivity index (χ4v) is 4.27. The average molecular weight is 682 g/mol. The van der Waals surface area contributed by atoms with Crippen molar-refractivity contribution >= 4 is 93.2 Å². The summed E-state index contributed by atoms with van der Waals surface area (Å²) in [6.45, 7) is 0. The van der Waals surface area contributed by atoms with Crippen molar-refractivity contribution in [2.75, 3.05) is 10.6 Å². The van der Waals surface area contributed by atoms with E-state index in [2.05, 4.69) is 32.3 Å². The molecule has 16 heteroatoms. The number of hydrogen-bond donors (Lipinski definition) is 6. The Bertz CT molecular complexity index is 1470. The van der Waals surface area contributed by atoms with Crippen LogP contribution >= 0.6 is 46.4 Å². The van der Waals surface area contributed by atoms with Crippen LogP contribution in [0.2, 0.25) is 20.1 Å². The van der Waals surface area contributed by atoms with Crippen molar-refractivity contribution in [1.29, 1.82) is 0 Å². The fraction of sp³-hybridized carbons (Fsp3) is 0.143. The van der Waals surface area contributed by atoms with Crippen molar-refractivity contribution in [1.82, 2.24) is 21.7 Å². The normalized spacial score (nSPS) is 10.3. The van der Waals surface area contributed by atoms with E-state index >= 15 is 0 Å². The zero-order chi connectivity index (χ0) is 32.2. The summed E-state index contributed by atoms with van der Waals surface area (Å²) in [6, 6.07) is 14.4. The van der Waals surface area contributed by atoms with E-state index in [0.29, 0.717) is 21.4 Å². The number of halogens is 4. The second-order valence-corrected chi connectivity index (χ2v) is 10.6. The molecule has 3 aromatic rings. The van der Waals surface area contributed by atoms with Gasteiger partial charge in [-0.15, -0.1) is 0 Å². The Balaban J connectivity index is 1.35. The molecule has 0 aromatic heterocycles. The van der Waals surface area contributed by atoms with E-state index in [1.165, 1.54) is 48.5 Å². The first-order valence-electron chi connectivity index (χ1n) is 12.7. The van der Waals surface area contributed by atoms with Gasteiger partial charge in [-0.2, -0.15) is 0 Å². The third kappa shape index (κ3) is 11.0. The largest absolute Gasteiger partial charge is 0.325 e. The van der Waals surface area contributed by atoms with E-state index in [9.17, 15) is 28.8 Å². The smallest absolute Gasteiger partial charge is 0.269 e. The molecule has 0 aliphatic heterocycles. The SMILES string of the molecule is O=C(CCC(=O)Nc1ccc(Cl)cc1Cl)NNC(=O)c1ccc(C(=O)NNC(=O)CCC(=O)Nc2ccc(Cl)cc2Cl)cc1. The van der Waals surface area contributed by atoms with Crippen LogP contribution in [0.3, 0.4) is 0 Å². The van der Waals surface area contributed by atoms with Crippen molar-refractivity contribution in [2.24, 2.45) is 0 Å². The number of carbonyl (C=O) groups excluding carboxylic acids is 6. The van der Waals surface area contributed by atoms with Gasteiger partial charge in [0, 0.05) is 46.9 Å². The molecule has 0 fully saturated rings. The van der Waals surface area contributed by atoms with Gasteiger partial charge >= 0.3 is 0 Å². The van der Waals surface area contributed by atoms with Crippen molar-refractivity contribution in [3.63, 3.8) is 0 Å². The molecule has 6 N–H and O–H groups in total. The summed E-state index contributed by atoms with van der Waals surface area (Å²) in [7, 11) is 0. The molecule has 44 heavy (non-hydrogen) atoms. The molecule has 0 saturated heterocycles. The number of hydrazine groups is 2. The molecule has 0 saturated carbocycles. The van der Waals surface area contributed by atoms with Gasteiger partial charge in [0.2, 0.25) is 23.6 Å². The Morgan fingerprint density at radius 1 is 0.455 bits per heavy atom. The predicted molar refractivity (Wildman–Crippen MR) is 166 cm³/mol. The summed E-state index contributed by atoms with van der Waals surface area (Å²) < 4.78 is 0. The molecule has 230 valence electrons. The Morgan fingerprint density at radius 3 is 1.14 bits per heavy atom. The lowest BCUT2D eigenvalue weighted by Crippen LogP contribution is -2.42. The Labute approximate surface area is 271 Å². The van der Waals surface area contributed by atoms with Gasteiger partial charge in [0.05, 0.1) is 21.4 Å². The van der Waals surface area contributed by atoms with E-state index in [1.807, 2.05) is 0 Å². The van der Waals surface area contributed by atoms with Gasteiger partial charge in [0.15, 0.2) is 0 Å². The highest BCUT2D eigenvalue weighted by molar-refractivity contribution is 6.37. The van der Waals surface area contributed by atoms with Gasteiger partial charge < -0.3 is 10.6 Å². The fourth-order valence-electron chi connectivity index (χ4n) is 3.36. The molecule has 0 unspecified atom stereocenters. The number of amides is 6. The zero-order valence-electron chi connectivity index (χ0n) is 22.6. The third-order valence-corrected chi connectivity index (χ3v) is 6.70. The highest BCUT2D eigenvalue weighted by atomic mass is 35.5. The van der Waals surface area contributed by atoms with Crippen LogP contribution in [-0.4, -0.2) is 35.4 Å². The molecule has 0 aliphatic rings. The molecule has 3 aromatic carbocycles. The first kappa shape index (κ1) is 34.1. The van der Waals surface area contributed by atoms with E-state index in [0.717, 1.165) is 0 Å². The minimum Gasteiger partial charge on any atom is -0.325 e. The zero-order valence-corrected chi connectivity index (χ0v) is 25.6. The van der Waals surface area contributed by atoms with Crippen molar-refractivity contribution in [3.05, 3.63) is 91.9 Å². The van der Waals surface area contributed by atoms with Crippen LogP contribution in [-0.2, 0) is 19.2 Å². The second-order valence-electron chi connectivity index (χ2n) is 8.93. The first-order chi connectivity index (χ1) is 20.9. The first-order valence-corrected chi connectivity index (χ1v) is 14.2. The maximum Gasteiger partial charge on any atom is 0.269 e. The van der Waals surface area contributed by atoms with Crippen molar-refractivity contribution in [2.45, 2.75) is 25.7 Å². The molecule has 0 spiro atoms. The molecule has 0 atom stereocenters. The second kappa shape index (κ2) is 16.5. The van der Waals surface area contributed by atoms with Crippen molar-refractivity contribution in [3.8, 4) is 0 Å². The Morgan fingerprint density at radius 2 is 0.795 bits per heavy atom. The number of anilines is 2. The predicted octanol–water partition coefficient (Wildman–Crippen LogP) is 4.66. The summed E-state index contributed by atoms with van der Waals surface area (Å²) in [5.41, 5.74) is 9.74. The number of benzene rings is 3. The lowest BCUT2D eigenvalue weighted by molar-refractivity contribution is -0.125. The lowest BCUT2D eigenvalue weighted by Gasteiger charge is -2.10. The highest BCUT2D eigenvalue weighted by Crippen LogP contribution is 2.26. The van der Waals surface area contributed by atoms with Gasteiger partial charge in [0.1, 0.15) is 0 Å². The molecule has 0 radical (unpaired) electrons. The Kier molecular flexibility index (Phi) is 12.8. The standard InChI is InChI=1S/C28H24Cl4N6O6/c29-17-5-7-21(19(31)13-17)33-23(39)9-11-25(41)35-37-27(43)15-1-2-16(4-3-15)28(44)38-36-26(42)12-10-24(40)34-22-8-6-18(30)14-20(22)32/h1-8,13-14H,9-12H2,(H,33,39)(H,34,40)(H,35,41)(H,36,42)(H,37,43)(H,38,44). The molecular formula is C28H24Cl4N6O6.